The maximum Gasteiger partial charge on any atom is 0.322 e. The van der Waals surface area contributed by atoms with Crippen LogP contribution in [0.5, 0.6) is 0 Å². The van der Waals surface area contributed by atoms with Gasteiger partial charge in [-0.15, -0.1) is 0 Å². The molecule has 10 heteroatoms. The molecule has 1 aromatic rings. The fourth-order valence-corrected chi connectivity index (χ4v) is 2.67. The van der Waals surface area contributed by atoms with Gasteiger partial charge in [-0.05, 0) is 12.1 Å². The second-order valence-electron chi connectivity index (χ2n) is 3.75. The molecule has 1 heterocycles. The smallest absolute Gasteiger partial charge is 0.322 e. The third-order valence-corrected chi connectivity index (χ3v) is 3.86. The van der Waals surface area contributed by atoms with Gasteiger partial charge in [0, 0.05) is 6.20 Å². The molecule has 9 nitrogen and oxygen atoms in total. The monoisotopic (exact) mass is 313 g/mol. The SMILES string of the molecule is COC(=O)C[C@H](NS(=O)(=O)c1cccnc1C#N)C(=O)O. The molecule has 0 bridgehead atoms. The van der Waals surface area contributed by atoms with Crippen molar-refractivity contribution >= 4 is 22.0 Å². The number of hydrogen-bond donors (Lipinski definition) is 2. The number of carboxylic acids is 1. The van der Waals surface area contributed by atoms with Crippen molar-refractivity contribution in [3.8, 4) is 6.07 Å². The van der Waals surface area contributed by atoms with Crippen LogP contribution in [0.25, 0.3) is 0 Å². The predicted octanol–water partition coefficient (Wildman–Crippen LogP) is -0.752. The minimum absolute atomic E-state index is 0.382. The van der Waals surface area contributed by atoms with Crippen LogP contribution in [0.4, 0.5) is 0 Å². The van der Waals surface area contributed by atoms with E-state index in [0.29, 0.717) is 0 Å². The Bertz CT molecular complexity index is 694. The molecule has 0 unspecified atom stereocenters. The summed E-state index contributed by atoms with van der Waals surface area (Å²) >= 11 is 0. The van der Waals surface area contributed by atoms with Crippen molar-refractivity contribution in [2.75, 3.05) is 7.11 Å². The highest BCUT2D eigenvalue weighted by Gasteiger charge is 2.29. The topological polar surface area (TPSA) is 146 Å². The fraction of sp³-hybridized carbons (Fsp3) is 0.273. The summed E-state index contributed by atoms with van der Waals surface area (Å²) in [5.74, 6) is -2.44. The van der Waals surface area contributed by atoms with Gasteiger partial charge in [-0.25, -0.2) is 13.4 Å². The second kappa shape index (κ2) is 6.78. The number of esters is 1. The van der Waals surface area contributed by atoms with E-state index in [1.165, 1.54) is 12.3 Å². The number of nitrogens with one attached hydrogen (secondary N) is 1. The Hall–Kier alpha value is -2.51. The van der Waals surface area contributed by atoms with Crippen molar-refractivity contribution in [1.82, 2.24) is 9.71 Å². The van der Waals surface area contributed by atoms with E-state index in [1.807, 2.05) is 4.72 Å². The van der Waals surface area contributed by atoms with Crippen molar-refractivity contribution in [3.05, 3.63) is 24.0 Å². The number of sulfonamides is 1. The molecule has 2 N–H and O–H groups in total. The van der Waals surface area contributed by atoms with Crippen LogP contribution in [0.1, 0.15) is 12.1 Å². The highest BCUT2D eigenvalue weighted by atomic mass is 32.2. The van der Waals surface area contributed by atoms with E-state index in [0.717, 1.165) is 13.2 Å². The van der Waals surface area contributed by atoms with E-state index in [2.05, 4.69) is 9.72 Å². The highest BCUT2D eigenvalue weighted by Crippen LogP contribution is 2.13. The number of nitrogens with zero attached hydrogens (tertiary/aromatic N) is 2. The van der Waals surface area contributed by atoms with Crippen molar-refractivity contribution in [2.24, 2.45) is 0 Å². The van der Waals surface area contributed by atoms with Crippen LogP contribution in [0.2, 0.25) is 0 Å². The number of hydrogen-bond acceptors (Lipinski definition) is 7. The second-order valence-corrected chi connectivity index (χ2v) is 5.44. The molecule has 0 radical (unpaired) electrons. The van der Waals surface area contributed by atoms with Gasteiger partial charge < -0.3 is 9.84 Å². The van der Waals surface area contributed by atoms with Gasteiger partial charge in [0.15, 0.2) is 5.69 Å². The van der Waals surface area contributed by atoms with Gasteiger partial charge in [-0.1, -0.05) is 0 Å². The molecule has 112 valence electrons. The molecule has 1 aromatic heterocycles. The van der Waals surface area contributed by atoms with Crippen LogP contribution in [0.3, 0.4) is 0 Å². The van der Waals surface area contributed by atoms with E-state index in [4.69, 9.17) is 10.4 Å². The molecule has 21 heavy (non-hydrogen) atoms. The molecular weight excluding hydrogens is 302 g/mol. The van der Waals surface area contributed by atoms with Crippen LogP contribution in [0, 0.1) is 11.3 Å². The van der Waals surface area contributed by atoms with Crippen LogP contribution in [-0.2, 0) is 24.3 Å². The van der Waals surface area contributed by atoms with Crippen LogP contribution in [0.15, 0.2) is 23.2 Å². The lowest BCUT2D eigenvalue weighted by Gasteiger charge is -2.14. The van der Waals surface area contributed by atoms with E-state index in [9.17, 15) is 18.0 Å². The zero-order chi connectivity index (χ0) is 16.0. The molecular formula is C11H11N3O6S. The molecule has 0 spiro atoms. The number of rotatable bonds is 6. The lowest BCUT2D eigenvalue weighted by molar-refractivity contribution is -0.147. The van der Waals surface area contributed by atoms with E-state index < -0.39 is 39.3 Å². The Balaban J connectivity index is 3.10. The number of pyridine rings is 1. The first kappa shape index (κ1) is 16.5. The zero-order valence-electron chi connectivity index (χ0n) is 10.8. The van der Waals surface area contributed by atoms with Crippen molar-refractivity contribution in [2.45, 2.75) is 17.4 Å². The number of carboxylic acid groups (broad SMARTS) is 1. The van der Waals surface area contributed by atoms with Gasteiger partial charge in [0.25, 0.3) is 0 Å². The Kier molecular flexibility index (Phi) is 5.34. The van der Waals surface area contributed by atoms with E-state index >= 15 is 0 Å². The largest absolute Gasteiger partial charge is 0.480 e. The third-order valence-electron chi connectivity index (χ3n) is 2.36. The summed E-state index contributed by atoms with van der Waals surface area (Å²) in [5.41, 5.74) is -0.382. The Labute approximate surface area is 120 Å². The van der Waals surface area contributed by atoms with Crippen molar-refractivity contribution < 1.29 is 27.9 Å². The number of ether oxygens (including phenoxy) is 1. The molecule has 0 aliphatic carbocycles. The minimum atomic E-state index is -4.32. The number of nitriles is 1. The molecule has 0 saturated carbocycles. The number of methoxy groups -OCH3 is 1. The molecule has 0 aliphatic rings. The van der Waals surface area contributed by atoms with Gasteiger partial charge in [0.1, 0.15) is 17.0 Å². The summed E-state index contributed by atoms with van der Waals surface area (Å²) in [6, 6.07) is 2.26. The molecule has 1 atom stereocenters. The first-order valence-corrected chi connectivity index (χ1v) is 6.97. The lowest BCUT2D eigenvalue weighted by Crippen LogP contribution is -2.42. The van der Waals surface area contributed by atoms with Gasteiger partial charge in [0.2, 0.25) is 10.0 Å². The average Bonchev–Trinajstić information content (AvgIpc) is 2.45. The number of aromatic nitrogens is 1. The van der Waals surface area contributed by atoms with Crippen LogP contribution < -0.4 is 4.72 Å². The summed E-state index contributed by atoms with van der Waals surface area (Å²) in [5, 5.41) is 17.8. The minimum Gasteiger partial charge on any atom is -0.480 e. The van der Waals surface area contributed by atoms with E-state index in [-0.39, 0.29) is 5.69 Å². The molecule has 0 aromatic carbocycles. The fourth-order valence-electron chi connectivity index (χ4n) is 1.37. The number of aliphatic carboxylic acids is 1. The van der Waals surface area contributed by atoms with Crippen LogP contribution in [-0.4, -0.2) is 43.6 Å². The lowest BCUT2D eigenvalue weighted by atomic mass is 10.2. The van der Waals surface area contributed by atoms with Crippen LogP contribution >= 0.6 is 0 Å². The van der Waals surface area contributed by atoms with Gasteiger partial charge >= 0.3 is 11.9 Å². The van der Waals surface area contributed by atoms with Gasteiger partial charge in [0.05, 0.1) is 13.5 Å². The Morgan fingerprint density at radius 2 is 2.24 bits per heavy atom. The summed E-state index contributed by atoms with van der Waals surface area (Å²) in [4.78, 5) is 25.2. The van der Waals surface area contributed by atoms with Crippen molar-refractivity contribution in [1.29, 1.82) is 5.26 Å². The first-order valence-electron chi connectivity index (χ1n) is 5.49. The summed E-state index contributed by atoms with van der Waals surface area (Å²) in [6.07, 6.45) is 0.536. The Morgan fingerprint density at radius 1 is 1.57 bits per heavy atom. The number of carbonyl (C=O) groups excluding carboxylic acids is 1. The summed E-state index contributed by atoms with van der Waals surface area (Å²) < 4.78 is 30.3. The summed E-state index contributed by atoms with van der Waals surface area (Å²) in [6.45, 7) is 0. The Morgan fingerprint density at radius 3 is 2.76 bits per heavy atom. The van der Waals surface area contributed by atoms with Gasteiger partial charge in [-0.3, -0.25) is 9.59 Å². The highest BCUT2D eigenvalue weighted by molar-refractivity contribution is 7.89. The first-order chi connectivity index (χ1) is 9.81. The maximum atomic E-state index is 12.1. The van der Waals surface area contributed by atoms with E-state index in [1.54, 1.807) is 6.07 Å². The maximum absolute atomic E-state index is 12.1. The molecule has 0 saturated heterocycles. The average molecular weight is 313 g/mol. The predicted molar refractivity (Wildman–Crippen MR) is 67.3 cm³/mol. The molecule has 0 aliphatic heterocycles. The zero-order valence-corrected chi connectivity index (χ0v) is 11.6. The standard InChI is InChI=1S/C11H11N3O6S/c1-20-10(15)5-7(11(16)17)14-21(18,19)9-3-2-4-13-8(9)6-12/h2-4,7,14H,5H2,1H3,(H,16,17)/t7-/m0/s1. The van der Waals surface area contributed by atoms with Crippen molar-refractivity contribution in [3.63, 3.8) is 0 Å². The summed E-state index contributed by atoms with van der Waals surface area (Å²) in [7, 11) is -3.28. The quantitative estimate of drug-likeness (QED) is 0.652. The molecule has 1 rings (SSSR count). The third kappa shape index (κ3) is 4.23. The molecule has 0 amide bonds. The normalized spacial score (nSPS) is 12.2. The van der Waals surface area contributed by atoms with Gasteiger partial charge in [-0.2, -0.15) is 9.98 Å². The molecule has 0 fully saturated rings. The number of carbonyl (C=O) groups is 2.